The third-order valence-corrected chi connectivity index (χ3v) is 4.30. The van der Waals surface area contributed by atoms with Crippen LogP contribution < -0.4 is 4.90 Å². The molecule has 6 heteroatoms. The zero-order valence-electron chi connectivity index (χ0n) is 13.3. The number of anilines is 1. The van der Waals surface area contributed by atoms with Crippen molar-refractivity contribution in [1.82, 2.24) is 15.0 Å². The molecule has 0 bridgehead atoms. The fraction of sp³-hybridized carbons (Fsp3) is 0.471. The van der Waals surface area contributed by atoms with Crippen LogP contribution in [0.4, 0.5) is 5.82 Å². The van der Waals surface area contributed by atoms with Gasteiger partial charge in [-0.1, -0.05) is 13.0 Å². The van der Waals surface area contributed by atoms with Crippen LogP contribution in [0.2, 0.25) is 0 Å². The first kappa shape index (κ1) is 15.8. The van der Waals surface area contributed by atoms with Gasteiger partial charge < -0.3 is 15.1 Å². The van der Waals surface area contributed by atoms with Gasteiger partial charge in [-0.25, -0.2) is 9.97 Å². The molecule has 0 saturated carbocycles. The fourth-order valence-corrected chi connectivity index (χ4v) is 2.84. The Kier molecular flexibility index (Phi) is 4.83. The second-order valence-electron chi connectivity index (χ2n) is 5.85. The van der Waals surface area contributed by atoms with Crippen LogP contribution in [0.15, 0.2) is 30.5 Å². The lowest BCUT2D eigenvalue weighted by atomic mass is 9.95. The first-order valence-corrected chi connectivity index (χ1v) is 8.04. The van der Waals surface area contributed by atoms with Gasteiger partial charge in [0.2, 0.25) is 0 Å². The van der Waals surface area contributed by atoms with E-state index in [1.807, 2.05) is 24.3 Å². The van der Waals surface area contributed by atoms with Crippen molar-refractivity contribution in [1.29, 1.82) is 0 Å². The molecule has 0 amide bonds. The van der Waals surface area contributed by atoms with Crippen LogP contribution in [-0.4, -0.2) is 51.0 Å². The lowest BCUT2D eigenvalue weighted by Gasteiger charge is -2.36. The van der Waals surface area contributed by atoms with Crippen molar-refractivity contribution in [2.24, 2.45) is 5.92 Å². The van der Waals surface area contributed by atoms with E-state index in [2.05, 4.69) is 26.8 Å². The monoisotopic (exact) mass is 314 g/mol. The van der Waals surface area contributed by atoms with Crippen molar-refractivity contribution in [3.8, 4) is 11.5 Å². The van der Waals surface area contributed by atoms with Gasteiger partial charge >= 0.3 is 0 Å². The van der Waals surface area contributed by atoms with Gasteiger partial charge in [0.05, 0.1) is 6.10 Å². The molecule has 0 aromatic carbocycles. The highest BCUT2D eigenvalue weighted by Gasteiger charge is 2.28. The molecule has 2 N–H and O–H groups in total. The summed E-state index contributed by atoms with van der Waals surface area (Å²) < 4.78 is 0. The minimum absolute atomic E-state index is 0.0260. The van der Waals surface area contributed by atoms with E-state index in [1.165, 1.54) is 0 Å². The fourth-order valence-electron chi connectivity index (χ4n) is 2.84. The third kappa shape index (κ3) is 3.48. The number of pyridine rings is 1. The number of aryl methyl sites for hydroxylation is 1. The molecule has 0 unspecified atom stereocenters. The molecule has 6 nitrogen and oxygen atoms in total. The van der Waals surface area contributed by atoms with Crippen LogP contribution in [0.3, 0.4) is 0 Å². The Hall–Kier alpha value is -2.05. The third-order valence-electron chi connectivity index (χ3n) is 4.30. The Morgan fingerprint density at radius 2 is 2.17 bits per heavy atom. The van der Waals surface area contributed by atoms with Gasteiger partial charge in [0.15, 0.2) is 5.82 Å². The Morgan fingerprint density at radius 3 is 2.83 bits per heavy atom. The van der Waals surface area contributed by atoms with Crippen LogP contribution in [0.25, 0.3) is 11.5 Å². The molecule has 1 fully saturated rings. The molecule has 3 rings (SSSR count). The van der Waals surface area contributed by atoms with Gasteiger partial charge in [-0.2, -0.15) is 0 Å². The molecule has 2 atom stereocenters. The lowest BCUT2D eigenvalue weighted by molar-refractivity contribution is 0.0546. The first-order chi connectivity index (χ1) is 11.2. The molecular weight excluding hydrogens is 292 g/mol. The summed E-state index contributed by atoms with van der Waals surface area (Å²) >= 11 is 0. The van der Waals surface area contributed by atoms with E-state index < -0.39 is 6.10 Å². The average Bonchev–Trinajstić information content (AvgIpc) is 2.62. The minimum Gasteiger partial charge on any atom is -0.396 e. The number of rotatable bonds is 4. The molecule has 2 aromatic rings. The molecule has 1 aliphatic heterocycles. The van der Waals surface area contributed by atoms with Gasteiger partial charge in [0, 0.05) is 43.6 Å². The van der Waals surface area contributed by atoms with E-state index in [-0.39, 0.29) is 12.5 Å². The van der Waals surface area contributed by atoms with Crippen LogP contribution in [0.1, 0.15) is 19.0 Å². The molecule has 1 saturated heterocycles. The predicted octanol–water partition coefficient (Wildman–Crippen LogP) is 1.28. The topological polar surface area (TPSA) is 82.4 Å². The highest BCUT2D eigenvalue weighted by atomic mass is 16.3. The zero-order valence-corrected chi connectivity index (χ0v) is 13.3. The summed E-state index contributed by atoms with van der Waals surface area (Å²) in [5.41, 5.74) is 1.70. The van der Waals surface area contributed by atoms with Crippen LogP contribution >= 0.6 is 0 Å². The average molecular weight is 314 g/mol. The number of β-amino-alcohol motifs (C(OH)–C–C–N with tert-alkyl or cyclic N) is 1. The number of piperidine rings is 1. The quantitative estimate of drug-likeness (QED) is 0.885. The highest BCUT2D eigenvalue weighted by molar-refractivity contribution is 5.54. The number of aromatic nitrogens is 3. The van der Waals surface area contributed by atoms with Crippen LogP contribution in [-0.2, 0) is 6.42 Å². The van der Waals surface area contributed by atoms with E-state index in [4.69, 9.17) is 0 Å². The summed E-state index contributed by atoms with van der Waals surface area (Å²) in [6.45, 7) is 3.33. The molecule has 0 spiro atoms. The Balaban J connectivity index is 1.90. The SMILES string of the molecule is CCc1cc(N2CC[C@H](CO)[C@H](O)C2)nc(-c2ccccn2)n1. The van der Waals surface area contributed by atoms with Gasteiger partial charge in [0.1, 0.15) is 11.5 Å². The molecule has 0 aliphatic carbocycles. The van der Waals surface area contributed by atoms with Crippen LogP contribution in [0, 0.1) is 5.92 Å². The Bertz CT molecular complexity index is 650. The maximum atomic E-state index is 10.2. The summed E-state index contributed by atoms with van der Waals surface area (Å²) in [6.07, 6.45) is 2.76. The number of aliphatic hydroxyl groups is 2. The summed E-state index contributed by atoms with van der Waals surface area (Å²) in [4.78, 5) is 15.6. The summed E-state index contributed by atoms with van der Waals surface area (Å²) in [5.74, 6) is 1.38. The zero-order chi connectivity index (χ0) is 16.2. The molecule has 3 heterocycles. The van der Waals surface area contributed by atoms with Gasteiger partial charge in [-0.3, -0.25) is 4.98 Å². The molecule has 122 valence electrons. The van der Waals surface area contributed by atoms with Crippen molar-refractivity contribution in [2.45, 2.75) is 25.9 Å². The van der Waals surface area contributed by atoms with E-state index in [1.54, 1.807) is 6.20 Å². The van der Waals surface area contributed by atoms with Gasteiger partial charge in [0.25, 0.3) is 0 Å². The largest absolute Gasteiger partial charge is 0.396 e. The van der Waals surface area contributed by atoms with E-state index >= 15 is 0 Å². The molecule has 2 aromatic heterocycles. The molecular formula is C17H22N4O2. The van der Waals surface area contributed by atoms with Crippen molar-refractivity contribution in [2.75, 3.05) is 24.6 Å². The maximum Gasteiger partial charge on any atom is 0.180 e. The smallest absolute Gasteiger partial charge is 0.180 e. The van der Waals surface area contributed by atoms with Crippen molar-refractivity contribution < 1.29 is 10.2 Å². The lowest BCUT2D eigenvalue weighted by Crippen LogP contribution is -2.45. The second-order valence-corrected chi connectivity index (χ2v) is 5.85. The normalized spacial score (nSPS) is 21.4. The summed E-state index contributed by atoms with van der Waals surface area (Å²) in [7, 11) is 0. The minimum atomic E-state index is -0.535. The predicted molar refractivity (Wildman–Crippen MR) is 88.1 cm³/mol. The summed E-state index contributed by atoms with van der Waals surface area (Å²) in [5, 5.41) is 19.4. The number of hydrogen-bond acceptors (Lipinski definition) is 6. The molecule has 1 aliphatic rings. The van der Waals surface area contributed by atoms with Crippen molar-refractivity contribution >= 4 is 5.82 Å². The van der Waals surface area contributed by atoms with E-state index in [0.717, 1.165) is 36.6 Å². The van der Waals surface area contributed by atoms with Gasteiger partial charge in [-0.05, 0) is 25.0 Å². The van der Waals surface area contributed by atoms with Crippen molar-refractivity contribution in [3.63, 3.8) is 0 Å². The summed E-state index contributed by atoms with van der Waals surface area (Å²) in [6, 6.07) is 7.65. The van der Waals surface area contributed by atoms with Crippen LogP contribution in [0.5, 0.6) is 0 Å². The van der Waals surface area contributed by atoms with Gasteiger partial charge in [-0.15, -0.1) is 0 Å². The van der Waals surface area contributed by atoms with E-state index in [0.29, 0.717) is 12.4 Å². The standard InChI is InChI=1S/C17H22N4O2/c1-2-13-9-16(21-8-6-12(11-22)15(23)10-21)20-17(19-13)14-5-3-4-7-18-14/h3-5,7,9,12,15,22-23H,2,6,8,10-11H2,1H3/t12-,15-/m1/s1. The first-order valence-electron chi connectivity index (χ1n) is 8.04. The highest BCUT2D eigenvalue weighted by Crippen LogP contribution is 2.24. The number of nitrogens with zero attached hydrogens (tertiary/aromatic N) is 4. The molecule has 23 heavy (non-hydrogen) atoms. The maximum absolute atomic E-state index is 10.2. The van der Waals surface area contributed by atoms with E-state index in [9.17, 15) is 10.2 Å². The Labute approximate surface area is 135 Å². The molecule has 0 radical (unpaired) electrons. The Morgan fingerprint density at radius 1 is 1.30 bits per heavy atom. The second kappa shape index (κ2) is 7.02. The number of aliphatic hydroxyl groups excluding tert-OH is 2. The number of hydrogen-bond donors (Lipinski definition) is 2. The van der Waals surface area contributed by atoms with Crippen molar-refractivity contribution in [3.05, 3.63) is 36.2 Å².